The summed E-state index contributed by atoms with van der Waals surface area (Å²) in [5.74, 6) is -1.62. The number of aromatic amines is 1. The third-order valence-electron chi connectivity index (χ3n) is 2.17. The van der Waals surface area contributed by atoms with Crippen LogP contribution in [-0.2, 0) is 16.0 Å². The van der Waals surface area contributed by atoms with E-state index in [0.29, 0.717) is 5.69 Å². The topological polar surface area (TPSA) is 121 Å². The van der Waals surface area contributed by atoms with E-state index in [4.69, 9.17) is 10.8 Å². The molecule has 0 fully saturated rings. The molecule has 1 amide bonds. The van der Waals surface area contributed by atoms with Crippen molar-refractivity contribution in [2.75, 3.05) is 0 Å². The van der Waals surface area contributed by atoms with E-state index in [1.165, 1.54) is 26.4 Å². The average Bonchev–Trinajstić information content (AvgIpc) is 2.67. The number of aliphatic carboxylic acids is 1. The summed E-state index contributed by atoms with van der Waals surface area (Å²) in [6.45, 7) is 3.02. The van der Waals surface area contributed by atoms with Gasteiger partial charge in [-0.3, -0.25) is 4.79 Å². The normalized spacial score (nSPS) is 13.1. The van der Waals surface area contributed by atoms with Gasteiger partial charge in [0.05, 0.1) is 11.9 Å². The quantitative estimate of drug-likeness (QED) is 0.540. The average molecular weight is 240 g/mol. The number of carboxylic acids is 1. The number of aromatic nitrogens is 2. The highest BCUT2D eigenvalue weighted by Gasteiger charge is 2.28. The van der Waals surface area contributed by atoms with Crippen LogP contribution in [-0.4, -0.2) is 38.5 Å². The highest BCUT2D eigenvalue weighted by Crippen LogP contribution is 2.02. The van der Waals surface area contributed by atoms with Crippen molar-refractivity contribution in [1.29, 1.82) is 0 Å². The van der Waals surface area contributed by atoms with Crippen molar-refractivity contribution in [2.24, 2.45) is 5.73 Å². The Bertz CT molecular complexity index is 394. The van der Waals surface area contributed by atoms with Crippen LogP contribution in [0.3, 0.4) is 0 Å². The smallest absolute Gasteiger partial charge is 0.326 e. The summed E-state index contributed by atoms with van der Waals surface area (Å²) in [5.41, 5.74) is 5.10. The maximum atomic E-state index is 11.6. The van der Waals surface area contributed by atoms with E-state index in [1.807, 2.05) is 0 Å². The van der Waals surface area contributed by atoms with E-state index in [2.05, 4.69) is 15.3 Å². The van der Waals surface area contributed by atoms with Crippen molar-refractivity contribution in [3.8, 4) is 0 Å². The number of imidazole rings is 1. The minimum atomic E-state index is -1.11. The van der Waals surface area contributed by atoms with E-state index in [0.717, 1.165) is 0 Å². The van der Waals surface area contributed by atoms with Gasteiger partial charge in [-0.25, -0.2) is 9.78 Å². The summed E-state index contributed by atoms with van der Waals surface area (Å²) in [6.07, 6.45) is 3.09. The standard InChI is InChI=1S/C10H16N4O3/c1-10(2,11)9(17)14-7(8(15)16)3-6-4-12-5-13-6/h4-5,7H,3,11H2,1-2H3,(H,12,13)(H,14,17)(H,15,16)/t7-/m0/s1. The molecule has 17 heavy (non-hydrogen) atoms. The van der Waals surface area contributed by atoms with Gasteiger partial charge in [0.1, 0.15) is 6.04 Å². The van der Waals surface area contributed by atoms with Crippen LogP contribution in [0.2, 0.25) is 0 Å². The van der Waals surface area contributed by atoms with Gasteiger partial charge in [-0.05, 0) is 13.8 Å². The zero-order valence-corrected chi connectivity index (χ0v) is 9.73. The Morgan fingerprint density at radius 2 is 2.29 bits per heavy atom. The van der Waals surface area contributed by atoms with E-state index in [-0.39, 0.29) is 6.42 Å². The van der Waals surface area contributed by atoms with Crippen LogP contribution in [0.25, 0.3) is 0 Å². The van der Waals surface area contributed by atoms with E-state index in [9.17, 15) is 9.59 Å². The second kappa shape index (κ2) is 4.96. The number of nitrogens with two attached hydrogens (primary N) is 1. The Balaban J connectivity index is 2.68. The molecule has 0 aromatic carbocycles. The maximum absolute atomic E-state index is 11.6. The fourth-order valence-electron chi connectivity index (χ4n) is 1.16. The summed E-state index contributed by atoms with van der Waals surface area (Å²) in [4.78, 5) is 29.1. The number of nitrogens with one attached hydrogen (secondary N) is 2. The molecule has 0 unspecified atom stereocenters. The summed E-state index contributed by atoms with van der Waals surface area (Å²) in [5, 5.41) is 11.4. The minimum Gasteiger partial charge on any atom is -0.480 e. The van der Waals surface area contributed by atoms with Crippen molar-refractivity contribution in [2.45, 2.75) is 31.8 Å². The predicted molar refractivity (Wildman–Crippen MR) is 60.1 cm³/mol. The molecular weight excluding hydrogens is 224 g/mol. The van der Waals surface area contributed by atoms with Crippen LogP contribution >= 0.6 is 0 Å². The van der Waals surface area contributed by atoms with Crippen molar-refractivity contribution in [1.82, 2.24) is 15.3 Å². The highest BCUT2D eigenvalue weighted by molar-refractivity contribution is 5.89. The number of carbonyl (C=O) groups is 2. The fourth-order valence-corrected chi connectivity index (χ4v) is 1.16. The largest absolute Gasteiger partial charge is 0.480 e. The zero-order valence-electron chi connectivity index (χ0n) is 9.73. The zero-order chi connectivity index (χ0) is 13.1. The van der Waals surface area contributed by atoms with Gasteiger partial charge in [0, 0.05) is 18.3 Å². The lowest BCUT2D eigenvalue weighted by Gasteiger charge is -2.21. The molecule has 94 valence electrons. The Kier molecular flexibility index (Phi) is 3.84. The molecular formula is C10H16N4O3. The molecule has 0 aliphatic carbocycles. The van der Waals surface area contributed by atoms with Crippen LogP contribution in [0.5, 0.6) is 0 Å². The number of hydrogen-bond donors (Lipinski definition) is 4. The molecule has 0 bridgehead atoms. The van der Waals surface area contributed by atoms with Crippen LogP contribution in [0.1, 0.15) is 19.5 Å². The predicted octanol–water partition coefficient (Wildman–Crippen LogP) is -0.741. The maximum Gasteiger partial charge on any atom is 0.326 e. The number of hydrogen-bond acceptors (Lipinski definition) is 4. The summed E-state index contributed by atoms with van der Waals surface area (Å²) < 4.78 is 0. The van der Waals surface area contributed by atoms with Gasteiger partial charge in [-0.2, -0.15) is 0 Å². The van der Waals surface area contributed by atoms with Crippen LogP contribution in [0, 0.1) is 0 Å². The number of carbonyl (C=O) groups excluding carboxylic acids is 1. The van der Waals surface area contributed by atoms with Crippen molar-refractivity contribution >= 4 is 11.9 Å². The van der Waals surface area contributed by atoms with Gasteiger partial charge < -0.3 is 21.1 Å². The molecule has 0 aliphatic heterocycles. The molecule has 5 N–H and O–H groups in total. The van der Waals surface area contributed by atoms with Crippen molar-refractivity contribution < 1.29 is 14.7 Å². The molecule has 1 aromatic heterocycles. The first-order chi connectivity index (χ1) is 7.80. The number of rotatable bonds is 5. The van der Waals surface area contributed by atoms with Crippen LogP contribution in [0.4, 0.5) is 0 Å². The monoisotopic (exact) mass is 240 g/mol. The van der Waals surface area contributed by atoms with E-state index >= 15 is 0 Å². The van der Waals surface area contributed by atoms with Crippen molar-refractivity contribution in [3.05, 3.63) is 18.2 Å². The van der Waals surface area contributed by atoms with Gasteiger partial charge >= 0.3 is 5.97 Å². The summed E-state index contributed by atoms with van der Waals surface area (Å²) in [6, 6.07) is -1.02. The summed E-state index contributed by atoms with van der Waals surface area (Å²) in [7, 11) is 0. The molecule has 0 radical (unpaired) electrons. The Morgan fingerprint density at radius 3 is 2.71 bits per heavy atom. The first-order valence-electron chi connectivity index (χ1n) is 5.10. The number of amides is 1. The fraction of sp³-hybridized carbons (Fsp3) is 0.500. The molecule has 0 saturated carbocycles. The van der Waals surface area contributed by atoms with Crippen LogP contribution < -0.4 is 11.1 Å². The number of carboxylic acid groups (broad SMARTS) is 1. The molecule has 0 aliphatic rings. The lowest BCUT2D eigenvalue weighted by molar-refractivity contribution is -0.142. The molecule has 0 saturated heterocycles. The first kappa shape index (κ1) is 13.2. The highest BCUT2D eigenvalue weighted by atomic mass is 16.4. The third kappa shape index (κ3) is 3.87. The second-order valence-electron chi connectivity index (χ2n) is 4.37. The molecule has 7 nitrogen and oxygen atoms in total. The Hall–Kier alpha value is -1.89. The first-order valence-corrected chi connectivity index (χ1v) is 5.10. The molecule has 7 heteroatoms. The Morgan fingerprint density at radius 1 is 1.65 bits per heavy atom. The van der Waals surface area contributed by atoms with Gasteiger partial charge in [0.15, 0.2) is 0 Å². The van der Waals surface area contributed by atoms with E-state index in [1.54, 1.807) is 0 Å². The minimum absolute atomic E-state index is 0.136. The molecule has 1 rings (SSSR count). The van der Waals surface area contributed by atoms with Gasteiger partial charge in [-0.15, -0.1) is 0 Å². The van der Waals surface area contributed by atoms with Crippen molar-refractivity contribution in [3.63, 3.8) is 0 Å². The lowest BCUT2D eigenvalue weighted by Crippen LogP contribution is -2.54. The molecule has 1 aromatic rings. The van der Waals surface area contributed by atoms with Crippen LogP contribution in [0.15, 0.2) is 12.5 Å². The number of H-pyrrole nitrogens is 1. The van der Waals surface area contributed by atoms with Gasteiger partial charge in [0.25, 0.3) is 0 Å². The molecule has 1 atom stereocenters. The van der Waals surface area contributed by atoms with Gasteiger partial charge in [0.2, 0.25) is 5.91 Å². The molecule has 0 spiro atoms. The SMILES string of the molecule is CC(C)(N)C(=O)N[C@@H](Cc1cnc[nH]1)C(=O)O. The number of nitrogens with zero attached hydrogens (tertiary/aromatic N) is 1. The second-order valence-corrected chi connectivity index (χ2v) is 4.37. The summed E-state index contributed by atoms with van der Waals surface area (Å²) >= 11 is 0. The lowest BCUT2D eigenvalue weighted by atomic mass is 10.0. The van der Waals surface area contributed by atoms with Gasteiger partial charge in [-0.1, -0.05) is 0 Å². The third-order valence-corrected chi connectivity index (χ3v) is 2.17. The Labute approximate surface area is 98.4 Å². The van der Waals surface area contributed by atoms with E-state index < -0.39 is 23.5 Å². The molecule has 1 heterocycles.